The third kappa shape index (κ3) is 3.79. The molecule has 0 aliphatic heterocycles. The van der Waals surface area contributed by atoms with Crippen molar-refractivity contribution in [2.45, 2.75) is 19.4 Å². The summed E-state index contributed by atoms with van der Waals surface area (Å²) in [5.41, 5.74) is 0.288. The minimum Gasteiger partial charge on any atom is -0.478 e. The van der Waals surface area contributed by atoms with Crippen molar-refractivity contribution >= 4 is 17.7 Å². The van der Waals surface area contributed by atoms with Crippen molar-refractivity contribution in [3.05, 3.63) is 24.0 Å². The molecule has 0 radical (unpaired) electrons. The first kappa shape index (κ1) is 13.5. The molecular weight excluding hydrogens is 234 g/mol. The minimum absolute atomic E-state index is 0.00297. The van der Waals surface area contributed by atoms with Gasteiger partial charge < -0.3 is 15.7 Å². The van der Waals surface area contributed by atoms with Crippen LogP contribution in [0.15, 0.2) is 18.5 Å². The topological polar surface area (TPSA) is 91.3 Å². The highest BCUT2D eigenvalue weighted by molar-refractivity contribution is 5.92. The molecule has 1 aromatic rings. The van der Waals surface area contributed by atoms with Crippen LogP contribution in [0.2, 0.25) is 0 Å². The van der Waals surface area contributed by atoms with Gasteiger partial charge in [0.15, 0.2) is 0 Å². The number of carboxylic acid groups (broad SMARTS) is 1. The molecule has 0 saturated carbocycles. The molecule has 1 rings (SSSR count). The van der Waals surface area contributed by atoms with Gasteiger partial charge in [0.1, 0.15) is 0 Å². The van der Waals surface area contributed by atoms with E-state index in [4.69, 9.17) is 11.5 Å². The van der Waals surface area contributed by atoms with Crippen molar-refractivity contribution in [1.82, 2.24) is 10.3 Å². The molecule has 0 saturated heterocycles. The number of anilines is 1. The Hall–Kier alpha value is -2.55. The van der Waals surface area contributed by atoms with Crippen LogP contribution in [-0.2, 0) is 0 Å². The van der Waals surface area contributed by atoms with Gasteiger partial charge in [-0.3, -0.25) is 4.98 Å². The van der Waals surface area contributed by atoms with Crippen molar-refractivity contribution < 1.29 is 14.7 Å². The number of hydrogen-bond donors (Lipinski definition) is 3. The maximum absolute atomic E-state index is 11.5. The fraction of sp³-hybridized carbons (Fsp3) is 0.250. The molecule has 1 unspecified atom stereocenters. The number of rotatable bonds is 4. The monoisotopic (exact) mass is 247 g/mol. The molecule has 0 bridgehead atoms. The lowest BCUT2D eigenvalue weighted by Crippen LogP contribution is -2.36. The number of aromatic carboxylic acids is 1. The SMILES string of the molecule is C#CC(CC)NC(=O)Nc1cncc(C(=O)O)c1. The molecule has 0 aromatic carbocycles. The normalized spacial score (nSPS) is 11.1. The predicted octanol–water partition coefficient (Wildman–Crippen LogP) is 1.31. The Morgan fingerprint density at radius 1 is 1.56 bits per heavy atom. The van der Waals surface area contributed by atoms with Crippen molar-refractivity contribution in [1.29, 1.82) is 0 Å². The molecule has 1 heterocycles. The molecule has 6 heteroatoms. The smallest absolute Gasteiger partial charge is 0.337 e. The second-order valence-corrected chi connectivity index (χ2v) is 3.49. The van der Waals surface area contributed by atoms with E-state index in [1.807, 2.05) is 6.92 Å². The molecule has 0 aliphatic carbocycles. The van der Waals surface area contributed by atoms with E-state index in [9.17, 15) is 9.59 Å². The van der Waals surface area contributed by atoms with E-state index in [1.54, 1.807) is 0 Å². The number of carbonyl (C=O) groups is 2. The number of nitrogens with one attached hydrogen (secondary N) is 2. The summed E-state index contributed by atoms with van der Waals surface area (Å²) in [5.74, 6) is 1.31. The highest BCUT2D eigenvalue weighted by Crippen LogP contribution is 2.08. The van der Waals surface area contributed by atoms with E-state index in [-0.39, 0.29) is 11.6 Å². The highest BCUT2D eigenvalue weighted by Gasteiger charge is 2.09. The van der Waals surface area contributed by atoms with Crippen LogP contribution in [0.25, 0.3) is 0 Å². The summed E-state index contributed by atoms with van der Waals surface area (Å²) in [7, 11) is 0. The van der Waals surface area contributed by atoms with Crippen LogP contribution in [0, 0.1) is 12.3 Å². The molecule has 0 spiro atoms. The Kier molecular flexibility index (Phi) is 4.69. The highest BCUT2D eigenvalue weighted by atomic mass is 16.4. The Balaban J connectivity index is 2.68. The Labute approximate surface area is 104 Å². The Morgan fingerprint density at radius 2 is 2.28 bits per heavy atom. The summed E-state index contributed by atoms with van der Waals surface area (Å²) in [6.07, 6.45) is 8.36. The van der Waals surface area contributed by atoms with Gasteiger partial charge in [-0.2, -0.15) is 0 Å². The van der Waals surface area contributed by atoms with Crippen molar-refractivity contribution in [3.63, 3.8) is 0 Å². The summed E-state index contributed by atoms with van der Waals surface area (Å²) in [5, 5.41) is 13.8. The average Bonchev–Trinajstić information content (AvgIpc) is 2.36. The third-order valence-electron chi connectivity index (χ3n) is 2.16. The molecule has 2 amide bonds. The summed E-state index contributed by atoms with van der Waals surface area (Å²) < 4.78 is 0. The van der Waals surface area contributed by atoms with Crippen LogP contribution in [-0.4, -0.2) is 28.1 Å². The number of amides is 2. The standard InChI is InChI=1S/C12H13N3O3/c1-3-9(4-2)14-12(18)15-10-5-8(11(16)17)6-13-7-10/h1,5-7,9H,4H2,2H3,(H,16,17)(H2,14,15,18). The van der Waals surface area contributed by atoms with Gasteiger partial charge in [-0.25, -0.2) is 9.59 Å². The quantitative estimate of drug-likeness (QED) is 0.699. The van der Waals surface area contributed by atoms with Crippen LogP contribution in [0.4, 0.5) is 10.5 Å². The van der Waals surface area contributed by atoms with Gasteiger partial charge in [-0.1, -0.05) is 12.8 Å². The van der Waals surface area contributed by atoms with Crippen molar-refractivity contribution in [2.24, 2.45) is 0 Å². The molecule has 1 atom stereocenters. The average molecular weight is 247 g/mol. The fourth-order valence-corrected chi connectivity index (χ4v) is 1.21. The summed E-state index contributed by atoms with van der Waals surface area (Å²) >= 11 is 0. The van der Waals surface area contributed by atoms with Gasteiger partial charge >= 0.3 is 12.0 Å². The Bertz CT molecular complexity index is 494. The third-order valence-corrected chi connectivity index (χ3v) is 2.16. The van der Waals surface area contributed by atoms with Gasteiger partial charge in [0.2, 0.25) is 0 Å². The summed E-state index contributed by atoms with van der Waals surface area (Å²) in [6.45, 7) is 1.84. The second kappa shape index (κ2) is 6.25. The van der Waals surface area contributed by atoms with E-state index in [2.05, 4.69) is 21.5 Å². The van der Waals surface area contributed by atoms with Crippen LogP contribution in [0.5, 0.6) is 0 Å². The van der Waals surface area contributed by atoms with E-state index >= 15 is 0 Å². The first-order chi connectivity index (χ1) is 8.56. The summed E-state index contributed by atoms with van der Waals surface area (Å²) in [4.78, 5) is 26.0. The fourth-order valence-electron chi connectivity index (χ4n) is 1.21. The maximum atomic E-state index is 11.5. The molecule has 0 aliphatic rings. The van der Waals surface area contributed by atoms with Gasteiger partial charge in [-0.05, 0) is 12.5 Å². The number of nitrogens with zero attached hydrogens (tertiary/aromatic N) is 1. The lowest BCUT2D eigenvalue weighted by atomic mass is 10.2. The lowest BCUT2D eigenvalue weighted by molar-refractivity contribution is 0.0696. The van der Waals surface area contributed by atoms with E-state index in [0.717, 1.165) is 0 Å². The van der Waals surface area contributed by atoms with E-state index < -0.39 is 12.0 Å². The molecule has 1 aromatic heterocycles. The maximum Gasteiger partial charge on any atom is 0.337 e. The zero-order chi connectivity index (χ0) is 13.5. The number of urea groups is 1. The van der Waals surface area contributed by atoms with Crippen LogP contribution < -0.4 is 10.6 Å². The van der Waals surface area contributed by atoms with Gasteiger partial charge in [0.25, 0.3) is 0 Å². The lowest BCUT2D eigenvalue weighted by Gasteiger charge is -2.11. The molecular formula is C12H13N3O3. The van der Waals surface area contributed by atoms with Crippen LogP contribution in [0.3, 0.4) is 0 Å². The van der Waals surface area contributed by atoms with Crippen molar-refractivity contribution in [3.8, 4) is 12.3 Å². The molecule has 3 N–H and O–H groups in total. The van der Waals surface area contributed by atoms with Crippen molar-refractivity contribution in [2.75, 3.05) is 5.32 Å². The van der Waals surface area contributed by atoms with Gasteiger partial charge in [0.05, 0.1) is 23.5 Å². The van der Waals surface area contributed by atoms with Gasteiger partial charge in [0, 0.05) is 6.20 Å². The predicted molar refractivity (Wildman–Crippen MR) is 66.3 cm³/mol. The van der Waals surface area contributed by atoms with Crippen LogP contribution >= 0.6 is 0 Å². The largest absolute Gasteiger partial charge is 0.478 e. The van der Waals surface area contributed by atoms with Gasteiger partial charge in [-0.15, -0.1) is 6.42 Å². The first-order valence-corrected chi connectivity index (χ1v) is 5.28. The molecule has 94 valence electrons. The first-order valence-electron chi connectivity index (χ1n) is 5.28. The number of terminal acetylenes is 1. The summed E-state index contributed by atoms with van der Waals surface area (Å²) in [6, 6.07) is 0.455. The number of pyridine rings is 1. The zero-order valence-corrected chi connectivity index (χ0v) is 9.80. The Morgan fingerprint density at radius 3 is 2.83 bits per heavy atom. The molecule has 0 fully saturated rings. The molecule has 18 heavy (non-hydrogen) atoms. The second-order valence-electron chi connectivity index (χ2n) is 3.49. The zero-order valence-electron chi connectivity index (χ0n) is 9.80. The van der Waals surface area contributed by atoms with Crippen LogP contribution in [0.1, 0.15) is 23.7 Å². The number of aromatic nitrogens is 1. The van der Waals surface area contributed by atoms with E-state index in [1.165, 1.54) is 18.5 Å². The van der Waals surface area contributed by atoms with E-state index in [0.29, 0.717) is 12.1 Å². The minimum atomic E-state index is -1.11. The molecule has 6 nitrogen and oxygen atoms in total. The number of carbonyl (C=O) groups excluding carboxylic acids is 1. The number of carboxylic acids is 1. The number of hydrogen-bond acceptors (Lipinski definition) is 3.